The molecular formula is C11H11F3N4O2. The Hall–Kier alpha value is -2.16. The van der Waals surface area contributed by atoms with Gasteiger partial charge in [-0.3, -0.25) is 9.20 Å². The van der Waals surface area contributed by atoms with Crippen molar-refractivity contribution < 1.29 is 22.7 Å². The zero-order chi connectivity index (χ0) is 14.8. The maximum absolute atomic E-state index is 12.8. The van der Waals surface area contributed by atoms with Gasteiger partial charge in [0.2, 0.25) is 5.91 Å². The van der Waals surface area contributed by atoms with E-state index < -0.39 is 17.6 Å². The lowest BCUT2D eigenvalue weighted by Crippen LogP contribution is -2.27. The van der Waals surface area contributed by atoms with Crippen molar-refractivity contribution >= 4 is 11.6 Å². The Balaban J connectivity index is 2.27. The molecule has 0 aromatic carbocycles. The predicted octanol–water partition coefficient (Wildman–Crippen LogP) is 1.01. The van der Waals surface area contributed by atoms with E-state index in [1.165, 1.54) is 23.8 Å². The second-order valence-corrected chi connectivity index (χ2v) is 3.94. The molecule has 0 aliphatic carbocycles. The minimum Gasteiger partial charge on any atom is -0.375 e. The van der Waals surface area contributed by atoms with Gasteiger partial charge < -0.3 is 10.1 Å². The summed E-state index contributed by atoms with van der Waals surface area (Å²) in [5, 5.41) is 9.65. The maximum atomic E-state index is 12.8. The van der Waals surface area contributed by atoms with Gasteiger partial charge in [0.15, 0.2) is 11.5 Å². The van der Waals surface area contributed by atoms with Crippen LogP contribution in [0, 0.1) is 0 Å². The number of aromatic nitrogens is 3. The number of pyridine rings is 1. The quantitative estimate of drug-likeness (QED) is 0.911. The number of hydrogen-bond acceptors (Lipinski definition) is 4. The van der Waals surface area contributed by atoms with E-state index in [-0.39, 0.29) is 24.6 Å². The van der Waals surface area contributed by atoms with E-state index in [1.807, 2.05) is 0 Å². The fraction of sp³-hybridized carbons (Fsp3) is 0.364. The fourth-order valence-electron chi connectivity index (χ4n) is 1.67. The van der Waals surface area contributed by atoms with Crippen LogP contribution in [0.1, 0.15) is 11.4 Å². The molecule has 20 heavy (non-hydrogen) atoms. The van der Waals surface area contributed by atoms with Crippen LogP contribution in [0.25, 0.3) is 5.65 Å². The molecule has 1 amide bonds. The summed E-state index contributed by atoms with van der Waals surface area (Å²) in [6.07, 6.45) is -3.10. The molecule has 2 heterocycles. The first-order valence-corrected chi connectivity index (χ1v) is 5.59. The third kappa shape index (κ3) is 2.87. The highest BCUT2D eigenvalue weighted by Gasteiger charge is 2.34. The first-order valence-electron chi connectivity index (χ1n) is 5.59. The van der Waals surface area contributed by atoms with Gasteiger partial charge in [-0.2, -0.15) is 13.2 Å². The number of amides is 1. The first-order chi connectivity index (χ1) is 9.43. The van der Waals surface area contributed by atoms with Gasteiger partial charge >= 0.3 is 6.18 Å². The second-order valence-electron chi connectivity index (χ2n) is 3.94. The number of nitrogens with one attached hydrogen (secondary N) is 1. The van der Waals surface area contributed by atoms with Crippen molar-refractivity contribution in [2.75, 3.05) is 13.7 Å². The van der Waals surface area contributed by atoms with Crippen LogP contribution in [0.5, 0.6) is 0 Å². The van der Waals surface area contributed by atoms with Gasteiger partial charge in [-0.15, -0.1) is 10.2 Å². The highest BCUT2D eigenvalue weighted by Crippen LogP contribution is 2.31. The van der Waals surface area contributed by atoms with Crippen LogP contribution >= 0.6 is 0 Å². The molecule has 9 heteroatoms. The molecule has 0 fully saturated rings. The SMILES string of the molecule is COCC(=O)NCc1nnc2c(C(F)(F)F)cccn12. The molecule has 2 aromatic heterocycles. The molecule has 0 atom stereocenters. The molecule has 6 nitrogen and oxygen atoms in total. The van der Waals surface area contributed by atoms with E-state index >= 15 is 0 Å². The van der Waals surface area contributed by atoms with Gasteiger partial charge in [-0.1, -0.05) is 0 Å². The smallest absolute Gasteiger partial charge is 0.375 e. The lowest BCUT2D eigenvalue weighted by molar-refractivity contribution is -0.136. The molecule has 0 aliphatic heterocycles. The highest BCUT2D eigenvalue weighted by atomic mass is 19.4. The van der Waals surface area contributed by atoms with Gasteiger partial charge in [-0.05, 0) is 12.1 Å². The number of ether oxygens (including phenoxy) is 1. The minimum absolute atomic E-state index is 0.0370. The second kappa shape index (κ2) is 5.45. The number of fused-ring (bicyclic) bond motifs is 1. The predicted molar refractivity (Wildman–Crippen MR) is 61.7 cm³/mol. The summed E-state index contributed by atoms with van der Waals surface area (Å²) in [7, 11) is 1.36. The monoisotopic (exact) mass is 288 g/mol. The van der Waals surface area contributed by atoms with Gasteiger partial charge in [0.05, 0.1) is 6.54 Å². The number of methoxy groups -OCH3 is 1. The number of rotatable bonds is 4. The average molecular weight is 288 g/mol. The largest absolute Gasteiger partial charge is 0.420 e. The maximum Gasteiger partial charge on any atom is 0.420 e. The fourth-order valence-corrected chi connectivity index (χ4v) is 1.67. The topological polar surface area (TPSA) is 68.5 Å². The Bertz CT molecular complexity index is 624. The zero-order valence-corrected chi connectivity index (χ0v) is 10.4. The summed E-state index contributed by atoms with van der Waals surface area (Å²) >= 11 is 0. The molecule has 1 N–H and O–H groups in total. The van der Waals surface area contributed by atoms with Crippen LogP contribution in [0.3, 0.4) is 0 Å². The van der Waals surface area contributed by atoms with Crippen LogP contribution in [0.2, 0.25) is 0 Å². The molecular weight excluding hydrogens is 277 g/mol. The van der Waals surface area contributed by atoms with E-state index in [0.717, 1.165) is 6.07 Å². The standard InChI is InChI=1S/C11H11F3N4O2/c1-20-6-9(19)15-5-8-16-17-10-7(11(12,13)14)3-2-4-18(8)10/h2-4H,5-6H2,1H3,(H,15,19). The Labute approximate surface area is 111 Å². The number of carbonyl (C=O) groups excluding carboxylic acids is 1. The molecule has 0 unspecified atom stereocenters. The molecule has 0 saturated carbocycles. The van der Waals surface area contributed by atoms with Crippen molar-refractivity contribution in [1.82, 2.24) is 19.9 Å². The number of halogens is 3. The summed E-state index contributed by atoms with van der Waals surface area (Å²) < 4.78 is 44.1. The molecule has 0 spiro atoms. The van der Waals surface area contributed by atoms with Gasteiger partial charge in [0, 0.05) is 13.3 Å². The van der Waals surface area contributed by atoms with E-state index in [0.29, 0.717) is 0 Å². The molecule has 108 valence electrons. The van der Waals surface area contributed by atoms with E-state index in [2.05, 4.69) is 20.3 Å². The van der Waals surface area contributed by atoms with Crippen molar-refractivity contribution in [2.24, 2.45) is 0 Å². The molecule has 0 bridgehead atoms. The van der Waals surface area contributed by atoms with Crippen molar-refractivity contribution in [2.45, 2.75) is 12.7 Å². The summed E-state index contributed by atoms with van der Waals surface area (Å²) in [6, 6.07) is 2.18. The molecule has 0 saturated heterocycles. The van der Waals surface area contributed by atoms with Crippen LogP contribution in [0.4, 0.5) is 13.2 Å². The van der Waals surface area contributed by atoms with E-state index in [4.69, 9.17) is 0 Å². The Morgan fingerprint density at radius 3 is 2.85 bits per heavy atom. The third-order valence-electron chi connectivity index (χ3n) is 2.53. The Morgan fingerprint density at radius 2 is 2.20 bits per heavy atom. The van der Waals surface area contributed by atoms with Crippen molar-refractivity contribution in [1.29, 1.82) is 0 Å². The number of hydrogen-bond donors (Lipinski definition) is 1. The van der Waals surface area contributed by atoms with Gasteiger partial charge in [0.25, 0.3) is 0 Å². The average Bonchev–Trinajstić information content (AvgIpc) is 2.78. The van der Waals surface area contributed by atoms with Crippen LogP contribution in [0.15, 0.2) is 18.3 Å². The van der Waals surface area contributed by atoms with Gasteiger partial charge in [0.1, 0.15) is 12.2 Å². The van der Waals surface area contributed by atoms with Crippen molar-refractivity contribution in [3.05, 3.63) is 29.7 Å². The molecule has 2 aromatic rings. The Kier molecular flexibility index (Phi) is 3.89. The van der Waals surface area contributed by atoms with Crippen molar-refractivity contribution in [3.63, 3.8) is 0 Å². The van der Waals surface area contributed by atoms with Crippen LogP contribution in [-0.4, -0.2) is 34.2 Å². The molecule has 0 radical (unpaired) electrons. The summed E-state index contributed by atoms with van der Waals surface area (Å²) in [6.45, 7) is -0.171. The van der Waals surface area contributed by atoms with Gasteiger partial charge in [-0.25, -0.2) is 0 Å². The van der Waals surface area contributed by atoms with E-state index in [1.54, 1.807) is 0 Å². The molecule has 0 aliphatic rings. The summed E-state index contributed by atoms with van der Waals surface area (Å²) in [5.41, 5.74) is -1.17. The summed E-state index contributed by atoms with van der Waals surface area (Å²) in [4.78, 5) is 11.2. The highest BCUT2D eigenvalue weighted by molar-refractivity contribution is 5.77. The Morgan fingerprint density at radius 1 is 1.45 bits per heavy atom. The zero-order valence-electron chi connectivity index (χ0n) is 10.4. The van der Waals surface area contributed by atoms with Crippen LogP contribution < -0.4 is 5.32 Å². The first kappa shape index (κ1) is 14.3. The van der Waals surface area contributed by atoms with E-state index in [9.17, 15) is 18.0 Å². The molecule has 2 rings (SSSR count). The third-order valence-corrected chi connectivity index (χ3v) is 2.53. The van der Waals surface area contributed by atoms with Crippen molar-refractivity contribution in [3.8, 4) is 0 Å². The normalized spacial score (nSPS) is 11.8. The van der Waals surface area contributed by atoms with Crippen LogP contribution in [-0.2, 0) is 22.3 Å². The number of alkyl halides is 3. The summed E-state index contributed by atoms with van der Waals surface area (Å²) in [5.74, 6) is -0.188. The number of nitrogens with zero attached hydrogens (tertiary/aromatic N) is 3. The number of carbonyl (C=O) groups is 1. The lowest BCUT2D eigenvalue weighted by atomic mass is 10.2. The lowest BCUT2D eigenvalue weighted by Gasteiger charge is -2.08. The minimum atomic E-state index is -4.51.